The molecule has 1 aliphatic heterocycles. The summed E-state index contributed by atoms with van der Waals surface area (Å²) in [6, 6.07) is 27.4. The smallest absolute Gasteiger partial charge is 0.268 e. The second-order valence-electron chi connectivity index (χ2n) is 8.40. The molecule has 0 N–H and O–H groups in total. The van der Waals surface area contributed by atoms with E-state index in [0.29, 0.717) is 33.1 Å². The van der Waals surface area contributed by atoms with E-state index in [1.54, 1.807) is 97.1 Å². The Hall–Kier alpha value is -4.55. The number of rotatable bonds is 5. The third kappa shape index (κ3) is 4.79. The van der Waals surface area contributed by atoms with Gasteiger partial charge in [0.15, 0.2) is 0 Å². The SMILES string of the molecule is O=C1C(=Cc2cc(Cl)ccc2Cc2ccccc2F)C(=O)N(c2ccccc2)C(=O)N1c1ccccc1. The van der Waals surface area contributed by atoms with Crippen LogP contribution in [0.2, 0.25) is 5.02 Å². The van der Waals surface area contributed by atoms with Gasteiger partial charge in [0.2, 0.25) is 0 Å². The molecule has 182 valence electrons. The first-order chi connectivity index (χ1) is 17.9. The minimum atomic E-state index is -0.776. The molecule has 37 heavy (non-hydrogen) atoms. The molecule has 1 heterocycles. The van der Waals surface area contributed by atoms with Crippen molar-refractivity contribution in [2.24, 2.45) is 0 Å². The van der Waals surface area contributed by atoms with Gasteiger partial charge in [0.05, 0.1) is 11.4 Å². The van der Waals surface area contributed by atoms with Crippen LogP contribution in [-0.4, -0.2) is 17.8 Å². The molecule has 0 aliphatic carbocycles. The minimum Gasteiger partial charge on any atom is -0.268 e. The summed E-state index contributed by atoms with van der Waals surface area (Å²) >= 11 is 6.27. The molecule has 0 radical (unpaired) electrons. The average Bonchev–Trinajstić information content (AvgIpc) is 2.90. The molecule has 0 atom stereocenters. The zero-order valence-electron chi connectivity index (χ0n) is 19.5. The number of carbonyl (C=O) groups is 3. The molecule has 1 aliphatic rings. The van der Waals surface area contributed by atoms with Crippen LogP contribution in [0.5, 0.6) is 0 Å². The highest BCUT2D eigenvalue weighted by molar-refractivity contribution is 6.46. The van der Waals surface area contributed by atoms with Crippen molar-refractivity contribution in [2.45, 2.75) is 6.42 Å². The number of para-hydroxylation sites is 2. The number of barbiturate groups is 1. The summed E-state index contributed by atoms with van der Waals surface area (Å²) in [5, 5.41) is 0.385. The van der Waals surface area contributed by atoms with Crippen LogP contribution >= 0.6 is 11.6 Å². The van der Waals surface area contributed by atoms with Gasteiger partial charge < -0.3 is 0 Å². The number of hydrogen-bond acceptors (Lipinski definition) is 3. The summed E-state index contributed by atoms with van der Waals surface area (Å²) < 4.78 is 14.4. The molecular weight excluding hydrogens is 491 g/mol. The molecule has 4 amide bonds. The molecule has 0 unspecified atom stereocenters. The minimum absolute atomic E-state index is 0.217. The first-order valence-corrected chi connectivity index (χ1v) is 11.9. The molecule has 0 saturated carbocycles. The fourth-order valence-electron chi connectivity index (χ4n) is 4.20. The lowest BCUT2D eigenvalue weighted by Gasteiger charge is -2.34. The highest BCUT2D eigenvalue weighted by Crippen LogP contribution is 2.31. The number of anilines is 2. The van der Waals surface area contributed by atoms with Crippen molar-refractivity contribution >= 4 is 46.9 Å². The first kappa shape index (κ1) is 24.2. The van der Waals surface area contributed by atoms with E-state index in [2.05, 4.69) is 0 Å². The maximum atomic E-state index is 14.4. The third-order valence-electron chi connectivity index (χ3n) is 6.02. The lowest BCUT2D eigenvalue weighted by Crippen LogP contribution is -2.57. The monoisotopic (exact) mass is 510 g/mol. The maximum absolute atomic E-state index is 14.4. The number of benzene rings is 4. The molecule has 0 aromatic heterocycles. The normalized spacial score (nSPS) is 13.8. The Kier molecular flexibility index (Phi) is 6.66. The molecule has 0 bridgehead atoms. The quantitative estimate of drug-likeness (QED) is 0.223. The van der Waals surface area contributed by atoms with Gasteiger partial charge in [0, 0.05) is 11.4 Å². The molecule has 1 fully saturated rings. The summed E-state index contributed by atoms with van der Waals surface area (Å²) in [6.45, 7) is 0. The lowest BCUT2D eigenvalue weighted by atomic mass is 9.96. The Morgan fingerprint density at radius 3 is 1.78 bits per heavy atom. The van der Waals surface area contributed by atoms with Crippen LogP contribution in [0.4, 0.5) is 20.6 Å². The number of amides is 4. The van der Waals surface area contributed by atoms with Crippen molar-refractivity contribution in [3.8, 4) is 0 Å². The molecule has 4 aromatic rings. The van der Waals surface area contributed by atoms with Crippen molar-refractivity contribution in [1.82, 2.24) is 0 Å². The average molecular weight is 511 g/mol. The Balaban J connectivity index is 1.65. The van der Waals surface area contributed by atoms with E-state index >= 15 is 0 Å². The number of hydrogen-bond donors (Lipinski definition) is 0. The van der Waals surface area contributed by atoms with E-state index < -0.39 is 17.8 Å². The van der Waals surface area contributed by atoms with Gasteiger partial charge in [-0.05, 0) is 65.2 Å². The van der Waals surface area contributed by atoms with E-state index in [9.17, 15) is 18.8 Å². The molecule has 7 heteroatoms. The largest absolute Gasteiger partial charge is 0.343 e. The second kappa shape index (κ2) is 10.2. The summed E-state index contributed by atoms with van der Waals surface area (Å²) in [5.41, 5.74) is 2.03. The molecule has 4 aromatic carbocycles. The van der Waals surface area contributed by atoms with Gasteiger partial charge >= 0.3 is 6.03 Å². The van der Waals surface area contributed by atoms with Crippen LogP contribution in [0.25, 0.3) is 6.08 Å². The van der Waals surface area contributed by atoms with Crippen molar-refractivity contribution in [2.75, 3.05) is 9.80 Å². The van der Waals surface area contributed by atoms with Crippen LogP contribution in [0.15, 0.2) is 109 Å². The number of carbonyl (C=O) groups excluding carboxylic acids is 3. The van der Waals surface area contributed by atoms with E-state index in [-0.39, 0.29) is 17.8 Å². The predicted molar refractivity (Wildman–Crippen MR) is 142 cm³/mol. The topological polar surface area (TPSA) is 57.7 Å². The van der Waals surface area contributed by atoms with E-state index in [0.717, 1.165) is 9.80 Å². The number of nitrogens with zero attached hydrogens (tertiary/aromatic N) is 2. The first-order valence-electron chi connectivity index (χ1n) is 11.5. The van der Waals surface area contributed by atoms with Gasteiger partial charge in [0.25, 0.3) is 11.8 Å². The fourth-order valence-corrected chi connectivity index (χ4v) is 4.38. The van der Waals surface area contributed by atoms with Gasteiger partial charge in [-0.25, -0.2) is 19.0 Å². The van der Waals surface area contributed by atoms with E-state index in [4.69, 9.17) is 11.6 Å². The summed E-state index contributed by atoms with van der Waals surface area (Å²) in [6.07, 6.45) is 1.64. The van der Waals surface area contributed by atoms with Crippen LogP contribution in [0, 0.1) is 5.82 Å². The zero-order valence-corrected chi connectivity index (χ0v) is 20.2. The van der Waals surface area contributed by atoms with Crippen molar-refractivity contribution in [1.29, 1.82) is 0 Å². The fraction of sp³-hybridized carbons (Fsp3) is 0.0333. The van der Waals surface area contributed by atoms with Gasteiger partial charge in [-0.1, -0.05) is 72.3 Å². The second-order valence-corrected chi connectivity index (χ2v) is 8.84. The van der Waals surface area contributed by atoms with Gasteiger partial charge in [0.1, 0.15) is 11.4 Å². The Morgan fingerprint density at radius 1 is 0.676 bits per heavy atom. The van der Waals surface area contributed by atoms with Gasteiger partial charge in [-0.15, -0.1) is 0 Å². The summed E-state index contributed by atoms with van der Waals surface area (Å²) in [4.78, 5) is 42.7. The number of imide groups is 2. The Labute approximate surface area is 218 Å². The standard InChI is InChI=1S/C30H20ClFN2O3/c31-23-16-15-20(17-21-9-7-8-14-27(21)32)22(18-23)19-26-28(35)33(24-10-3-1-4-11-24)30(37)34(29(26)36)25-12-5-2-6-13-25/h1-16,18-19H,17H2. The van der Waals surface area contributed by atoms with Gasteiger partial charge in [-0.3, -0.25) is 9.59 Å². The zero-order chi connectivity index (χ0) is 25.9. The predicted octanol–water partition coefficient (Wildman–Crippen LogP) is 6.65. The van der Waals surface area contributed by atoms with Crippen LogP contribution in [0.3, 0.4) is 0 Å². The van der Waals surface area contributed by atoms with Crippen molar-refractivity contribution in [3.63, 3.8) is 0 Å². The molecule has 5 rings (SSSR count). The summed E-state index contributed by atoms with van der Waals surface area (Å²) in [7, 11) is 0. The number of halogens is 2. The molecule has 5 nitrogen and oxygen atoms in total. The molecular formula is C30H20ClFN2O3. The van der Waals surface area contributed by atoms with Crippen molar-refractivity contribution in [3.05, 3.63) is 136 Å². The molecule has 0 spiro atoms. The van der Waals surface area contributed by atoms with Crippen molar-refractivity contribution < 1.29 is 18.8 Å². The lowest BCUT2D eigenvalue weighted by molar-refractivity contribution is -0.121. The Bertz CT molecular complexity index is 1470. The summed E-state index contributed by atoms with van der Waals surface area (Å²) in [5.74, 6) is -1.88. The number of urea groups is 1. The Morgan fingerprint density at radius 2 is 1.22 bits per heavy atom. The van der Waals surface area contributed by atoms with Crippen LogP contribution < -0.4 is 9.80 Å². The third-order valence-corrected chi connectivity index (χ3v) is 6.26. The highest BCUT2D eigenvalue weighted by atomic mass is 35.5. The maximum Gasteiger partial charge on any atom is 0.343 e. The highest BCUT2D eigenvalue weighted by Gasteiger charge is 2.43. The van der Waals surface area contributed by atoms with E-state index in [1.165, 1.54) is 12.1 Å². The van der Waals surface area contributed by atoms with Crippen LogP contribution in [-0.2, 0) is 16.0 Å². The molecule has 1 saturated heterocycles. The van der Waals surface area contributed by atoms with Crippen LogP contribution in [0.1, 0.15) is 16.7 Å². The van der Waals surface area contributed by atoms with E-state index in [1.807, 2.05) is 0 Å². The van der Waals surface area contributed by atoms with Gasteiger partial charge in [-0.2, -0.15) is 0 Å².